The van der Waals surface area contributed by atoms with Crippen LogP contribution in [0.15, 0.2) is 6.07 Å². The smallest absolute Gasteiger partial charge is 0.226 e. The van der Waals surface area contributed by atoms with E-state index >= 15 is 0 Å². The fourth-order valence-electron chi connectivity index (χ4n) is 1.06. The fraction of sp³-hybridized carbons (Fsp3) is 0.600. The van der Waals surface area contributed by atoms with Crippen molar-refractivity contribution >= 4 is 5.95 Å². The minimum atomic E-state index is 0.638. The first-order valence-electron chi connectivity index (χ1n) is 4.98. The lowest BCUT2D eigenvalue weighted by Crippen LogP contribution is -2.05. The number of ether oxygens (including phenoxy) is 1. The number of aromatic nitrogens is 2. The zero-order valence-corrected chi connectivity index (χ0v) is 9.00. The quantitative estimate of drug-likeness (QED) is 0.780. The van der Waals surface area contributed by atoms with Gasteiger partial charge < -0.3 is 10.1 Å². The van der Waals surface area contributed by atoms with E-state index in [0.29, 0.717) is 18.4 Å². The summed E-state index contributed by atoms with van der Waals surface area (Å²) in [6.07, 6.45) is 0.986. The van der Waals surface area contributed by atoms with Crippen LogP contribution in [-0.2, 0) is 0 Å². The van der Waals surface area contributed by atoms with E-state index in [-0.39, 0.29) is 0 Å². The van der Waals surface area contributed by atoms with Gasteiger partial charge in [0.15, 0.2) is 0 Å². The zero-order chi connectivity index (χ0) is 10.4. The SMILES string of the molecule is CCCOc1cc(C)nc(NCC)n1. The third kappa shape index (κ3) is 3.20. The number of rotatable bonds is 5. The minimum Gasteiger partial charge on any atom is -0.478 e. The number of aryl methyl sites for hydroxylation is 1. The van der Waals surface area contributed by atoms with Gasteiger partial charge in [-0.25, -0.2) is 4.98 Å². The van der Waals surface area contributed by atoms with Gasteiger partial charge in [-0.3, -0.25) is 0 Å². The molecule has 14 heavy (non-hydrogen) atoms. The van der Waals surface area contributed by atoms with E-state index < -0.39 is 0 Å². The standard InChI is InChI=1S/C10H17N3O/c1-4-6-14-9-7-8(3)12-10(13-9)11-5-2/h7H,4-6H2,1-3H3,(H,11,12,13). The third-order valence-electron chi connectivity index (χ3n) is 1.62. The van der Waals surface area contributed by atoms with Gasteiger partial charge in [0.25, 0.3) is 0 Å². The Balaban J connectivity index is 2.73. The third-order valence-corrected chi connectivity index (χ3v) is 1.62. The van der Waals surface area contributed by atoms with E-state index in [4.69, 9.17) is 4.74 Å². The Morgan fingerprint density at radius 1 is 1.36 bits per heavy atom. The Kier molecular flexibility index (Phi) is 4.16. The second-order valence-electron chi connectivity index (χ2n) is 3.05. The molecule has 0 aliphatic carbocycles. The largest absolute Gasteiger partial charge is 0.478 e. The summed E-state index contributed by atoms with van der Waals surface area (Å²) in [4.78, 5) is 8.45. The van der Waals surface area contributed by atoms with Gasteiger partial charge in [-0.15, -0.1) is 0 Å². The molecule has 0 saturated carbocycles. The fourth-order valence-corrected chi connectivity index (χ4v) is 1.06. The monoisotopic (exact) mass is 195 g/mol. The normalized spacial score (nSPS) is 9.93. The average molecular weight is 195 g/mol. The lowest BCUT2D eigenvalue weighted by molar-refractivity contribution is 0.305. The van der Waals surface area contributed by atoms with E-state index in [1.807, 2.05) is 19.9 Å². The van der Waals surface area contributed by atoms with Crippen LogP contribution in [0.25, 0.3) is 0 Å². The highest BCUT2D eigenvalue weighted by molar-refractivity contribution is 5.30. The molecule has 0 unspecified atom stereocenters. The maximum Gasteiger partial charge on any atom is 0.226 e. The number of hydrogen-bond acceptors (Lipinski definition) is 4. The molecule has 4 heteroatoms. The lowest BCUT2D eigenvalue weighted by Gasteiger charge is -2.07. The predicted octanol–water partition coefficient (Wildman–Crippen LogP) is 2.01. The minimum absolute atomic E-state index is 0.638. The molecule has 0 amide bonds. The van der Waals surface area contributed by atoms with Gasteiger partial charge in [0.05, 0.1) is 6.61 Å². The Morgan fingerprint density at radius 2 is 2.14 bits per heavy atom. The first-order valence-corrected chi connectivity index (χ1v) is 4.98. The van der Waals surface area contributed by atoms with Gasteiger partial charge in [-0.1, -0.05) is 6.92 Å². The predicted molar refractivity (Wildman–Crippen MR) is 56.7 cm³/mol. The second kappa shape index (κ2) is 5.42. The number of anilines is 1. The van der Waals surface area contributed by atoms with Crippen molar-refractivity contribution in [3.05, 3.63) is 11.8 Å². The molecule has 78 valence electrons. The van der Waals surface area contributed by atoms with Crippen LogP contribution in [0.1, 0.15) is 26.0 Å². The van der Waals surface area contributed by atoms with Crippen molar-refractivity contribution in [2.75, 3.05) is 18.5 Å². The molecule has 0 spiro atoms. The van der Waals surface area contributed by atoms with E-state index in [2.05, 4.69) is 22.2 Å². The maximum absolute atomic E-state index is 5.43. The highest BCUT2D eigenvalue weighted by atomic mass is 16.5. The molecular formula is C10H17N3O. The van der Waals surface area contributed by atoms with Crippen LogP contribution in [0.5, 0.6) is 5.88 Å². The topological polar surface area (TPSA) is 47.0 Å². The molecule has 0 atom stereocenters. The van der Waals surface area contributed by atoms with E-state index in [9.17, 15) is 0 Å². The summed E-state index contributed by atoms with van der Waals surface area (Å²) in [6.45, 7) is 7.53. The molecule has 0 bridgehead atoms. The molecule has 0 radical (unpaired) electrons. The summed E-state index contributed by atoms with van der Waals surface area (Å²) in [5.41, 5.74) is 0.919. The van der Waals surface area contributed by atoms with Crippen LogP contribution in [0.4, 0.5) is 5.95 Å². The van der Waals surface area contributed by atoms with Gasteiger partial charge in [0.1, 0.15) is 0 Å². The van der Waals surface area contributed by atoms with Gasteiger partial charge in [-0.2, -0.15) is 4.98 Å². The van der Waals surface area contributed by atoms with Crippen molar-refractivity contribution in [1.82, 2.24) is 9.97 Å². The molecule has 1 rings (SSSR count). The molecule has 0 aliphatic rings. The second-order valence-corrected chi connectivity index (χ2v) is 3.05. The Bertz CT molecular complexity index is 289. The average Bonchev–Trinajstić information content (AvgIpc) is 2.14. The molecule has 1 aromatic rings. The maximum atomic E-state index is 5.43. The molecule has 1 heterocycles. The summed E-state index contributed by atoms with van der Waals surface area (Å²) in [6, 6.07) is 1.84. The number of nitrogens with zero attached hydrogens (tertiary/aromatic N) is 2. The number of hydrogen-bond donors (Lipinski definition) is 1. The van der Waals surface area contributed by atoms with Crippen LogP contribution in [-0.4, -0.2) is 23.1 Å². The van der Waals surface area contributed by atoms with Gasteiger partial charge in [-0.05, 0) is 20.3 Å². The Hall–Kier alpha value is -1.32. The van der Waals surface area contributed by atoms with Gasteiger partial charge in [0, 0.05) is 18.3 Å². The van der Waals surface area contributed by atoms with Crippen LogP contribution in [0.3, 0.4) is 0 Å². The van der Waals surface area contributed by atoms with Crippen LogP contribution >= 0.6 is 0 Å². The van der Waals surface area contributed by atoms with Crippen molar-refractivity contribution in [2.45, 2.75) is 27.2 Å². The highest BCUT2D eigenvalue weighted by Crippen LogP contribution is 2.11. The Morgan fingerprint density at radius 3 is 2.79 bits per heavy atom. The van der Waals surface area contributed by atoms with Crippen molar-refractivity contribution < 1.29 is 4.74 Å². The van der Waals surface area contributed by atoms with E-state index in [0.717, 1.165) is 18.7 Å². The van der Waals surface area contributed by atoms with E-state index in [1.54, 1.807) is 0 Å². The first-order chi connectivity index (χ1) is 6.76. The Labute approximate surface area is 84.7 Å². The van der Waals surface area contributed by atoms with Crippen LogP contribution in [0, 0.1) is 6.92 Å². The summed E-state index contributed by atoms with van der Waals surface area (Å²) in [5.74, 6) is 1.29. The van der Waals surface area contributed by atoms with Crippen LogP contribution in [0.2, 0.25) is 0 Å². The summed E-state index contributed by atoms with van der Waals surface area (Å²) < 4.78 is 5.43. The van der Waals surface area contributed by atoms with Crippen molar-refractivity contribution in [2.24, 2.45) is 0 Å². The van der Waals surface area contributed by atoms with Crippen molar-refractivity contribution in [1.29, 1.82) is 0 Å². The lowest BCUT2D eigenvalue weighted by atomic mass is 10.4. The zero-order valence-electron chi connectivity index (χ0n) is 9.00. The molecule has 0 saturated heterocycles. The number of nitrogens with one attached hydrogen (secondary N) is 1. The first kappa shape index (κ1) is 10.8. The van der Waals surface area contributed by atoms with Crippen molar-refractivity contribution in [3.63, 3.8) is 0 Å². The molecule has 0 aliphatic heterocycles. The highest BCUT2D eigenvalue weighted by Gasteiger charge is 2.01. The van der Waals surface area contributed by atoms with Crippen LogP contribution < -0.4 is 10.1 Å². The molecule has 1 N–H and O–H groups in total. The summed E-state index contributed by atoms with van der Waals surface area (Å²) >= 11 is 0. The van der Waals surface area contributed by atoms with Gasteiger partial charge in [0.2, 0.25) is 11.8 Å². The summed E-state index contributed by atoms with van der Waals surface area (Å²) in [7, 11) is 0. The molecule has 0 aromatic carbocycles. The molecule has 0 fully saturated rings. The van der Waals surface area contributed by atoms with E-state index in [1.165, 1.54) is 0 Å². The molecular weight excluding hydrogens is 178 g/mol. The molecule has 4 nitrogen and oxygen atoms in total. The van der Waals surface area contributed by atoms with Gasteiger partial charge >= 0.3 is 0 Å². The summed E-state index contributed by atoms with van der Waals surface area (Å²) in [5, 5.41) is 3.06. The van der Waals surface area contributed by atoms with Crippen molar-refractivity contribution in [3.8, 4) is 5.88 Å². The molecule has 1 aromatic heterocycles.